The van der Waals surface area contributed by atoms with Crippen molar-refractivity contribution in [3.05, 3.63) is 45.3 Å². The zero-order valence-corrected chi connectivity index (χ0v) is 12.2. The van der Waals surface area contributed by atoms with Crippen molar-refractivity contribution in [3.63, 3.8) is 0 Å². The fourth-order valence-electron chi connectivity index (χ4n) is 1.74. The second kappa shape index (κ2) is 6.56. The molecule has 0 spiro atoms. The van der Waals surface area contributed by atoms with Gasteiger partial charge in [0.05, 0.1) is 18.2 Å². The van der Waals surface area contributed by atoms with Gasteiger partial charge in [0.25, 0.3) is 5.91 Å². The zero-order chi connectivity index (χ0) is 17.0. The number of nitro benzene ring substituents is 1. The highest BCUT2D eigenvalue weighted by Crippen LogP contribution is 2.36. The number of carbonyl (C=O) groups is 1. The Morgan fingerprint density at radius 3 is 2.83 bits per heavy atom. The van der Waals surface area contributed by atoms with E-state index in [4.69, 9.17) is 4.74 Å². The van der Waals surface area contributed by atoms with E-state index < -0.39 is 22.3 Å². The van der Waals surface area contributed by atoms with E-state index >= 15 is 0 Å². The van der Waals surface area contributed by atoms with Gasteiger partial charge in [-0.3, -0.25) is 20.0 Å². The van der Waals surface area contributed by atoms with E-state index in [2.05, 4.69) is 20.7 Å². The number of aromatic nitrogens is 2. The Hall–Kier alpha value is -3.43. The molecule has 0 radical (unpaired) electrons. The van der Waals surface area contributed by atoms with Crippen LogP contribution < -0.4 is 10.2 Å². The number of H-pyrrole nitrogens is 1. The molecule has 0 saturated heterocycles. The molecule has 1 aromatic heterocycles. The summed E-state index contributed by atoms with van der Waals surface area (Å²) in [5.74, 6) is -1.19. The van der Waals surface area contributed by atoms with E-state index in [0.29, 0.717) is 0 Å². The van der Waals surface area contributed by atoms with Gasteiger partial charge in [0.15, 0.2) is 11.4 Å². The normalized spacial score (nSPS) is 10.7. The number of phenols is 1. The lowest BCUT2D eigenvalue weighted by Gasteiger charge is -2.05. The van der Waals surface area contributed by atoms with Crippen molar-refractivity contribution in [2.24, 2.45) is 5.10 Å². The first-order valence-corrected chi connectivity index (χ1v) is 6.33. The molecular formula is C13H13N5O5. The van der Waals surface area contributed by atoms with Gasteiger partial charge in [0.2, 0.25) is 5.75 Å². The lowest BCUT2D eigenvalue weighted by Crippen LogP contribution is -2.18. The molecule has 0 fully saturated rings. The van der Waals surface area contributed by atoms with Crippen molar-refractivity contribution in [3.8, 4) is 11.5 Å². The Balaban J connectivity index is 2.17. The summed E-state index contributed by atoms with van der Waals surface area (Å²) < 4.78 is 4.86. The Morgan fingerprint density at radius 1 is 1.52 bits per heavy atom. The van der Waals surface area contributed by atoms with Gasteiger partial charge in [-0.25, -0.2) is 5.43 Å². The highest BCUT2D eigenvalue weighted by Gasteiger charge is 2.19. The van der Waals surface area contributed by atoms with Crippen LogP contribution in [0, 0.1) is 17.0 Å². The van der Waals surface area contributed by atoms with Gasteiger partial charge in [-0.05, 0) is 19.1 Å². The van der Waals surface area contributed by atoms with Crippen LogP contribution in [0.25, 0.3) is 0 Å². The lowest BCUT2D eigenvalue weighted by atomic mass is 10.2. The van der Waals surface area contributed by atoms with E-state index in [1.54, 1.807) is 13.0 Å². The Kier molecular flexibility index (Phi) is 4.55. The van der Waals surface area contributed by atoms with E-state index in [9.17, 15) is 20.0 Å². The molecule has 0 aliphatic carbocycles. The van der Waals surface area contributed by atoms with Crippen LogP contribution >= 0.6 is 0 Å². The average Bonchev–Trinajstić information content (AvgIpc) is 2.94. The number of nitro groups is 1. The maximum Gasteiger partial charge on any atom is 0.315 e. The van der Waals surface area contributed by atoms with Crippen LogP contribution in [-0.2, 0) is 0 Å². The lowest BCUT2D eigenvalue weighted by molar-refractivity contribution is -0.386. The number of ether oxygens (including phenoxy) is 1. The van der Waals surface area contributed by atoms with Crippen molar-refractivity contribution in [2.75, 3.05) is 7.11 Å². The first kappa shape index (κ1) is 15.9. The molecule has 1 amide bonds. The molecule has 0 saturated carbocycles. The van der Waals surface area contributed by atoms with Crippen molar-refractivity contribution in [2.45, 2.75) is 6.92 Å². The molecule has 10 heteroatoms. The number of nitrogens with zero attached hydrogens (tertiary/aromatic N) is 3. The van der Waals surface area contributed by atoms with E-state index in [1.165, 1.54) is 19.4 Å². The summed E-state index contributed by atoms with van der Waals surface area (Å²) in [6.45, 7) is 1.74. The van der Waals surface area contributed by atoms with Crippen molar-refractivity contribution in [1.82, 2.24) is 15.6 Å². The van der Waals surface area contributed by atoms with Crippen LogP contribution in [0.15, 0.2) is 23.3 Å². The van der Waals surface area contributed by atoms with Crippen LogP contribution in [0.3, 0.4) is 0 Å². The number of aryl methyl sites for hydroxylation is 1. The molecule has 0 aliphatic heterocycles. The number of carbonyl (C=O) groups excluding carboxylic acids is 1. The third-order valence-electron chi connectivity index (χ3n) is 2.81. The largest absolute Gasteiger partial charge is 0.500 e. The SMILES string of the molecule is COc1cc(/C=N\NC(=O)c2cc(C)[nH]n2)cc([N+](=O)[O-])c1O. The number of hydrazone groups is 1. The zero-order valence-electron chi connectivity index (χ0n) is 12.2. The summed E-state index contributed by atoms with van der Waals surface area (Å²) in [5, 5.41) is 30.6. The molecule has 0 unspecified atom stereocenters. The fourth-order valence-corrected chi connectivity index (χ4v) is 1.74. The van der Waals surface area contributed by atoms with Crippen molar-refractivity contribution < 1.29 is 19.6 Å². The van der Waals surface area contributed by atoms with Crippen LogP contribution in [0.4, 0.5) is 5.69 Å². The minimum absolute atomic E-state index is 0.0742. The topological polar surface area (TPSA) is 143 Å². The molecule has 0 bridgehead atoms. The summed E-state index contributed by atoms with van der Waals surface area (Å²) in [6, 6.07) is 3.99. The van der Waals surface area contributed by atoms with Gasteiger partial charge in [0, 0.05) is 17.3 Å². The minimum Gasteiger partial charge on any atom is -0.500 e. The number of rotatable bonds is 5. The molecule has 1 heterocycles. The van der Waals surface area contributed by atoms with Crippen molar-refractivity contribution >= 4 is 17.8 Å². The van der Waals surface area contributed by atoms with Gasteiger partial charge in [-0.15, -0.1) is 0 Å². The number of hydrogen-bond donors (Lipinski definition) is 3. The van der Waals surface area contributed by atoms with Gasteiger partial charge in [0.1, 0.15) is 0 Å². The summed E-state index contributed by atoms with van der Waals surface area (Å²) in [6.07, 6.45) is 1.19. The monoisotopic (exact) mass is 319 g/mol. The Bertz CT molecular complexity index is 783. The van der Waals surface area contributed by atoms with E-state index in [0.717, 1.165) is 11.8 Å². The van der Waals surface area contributed by atoms with Gasteiger partial charge < -0.3 is 9.84 Å². The molecule has 0 atom stereocenters. The second-order valence-corrected chi connectivity index (χ2v) is 4.48. The maximum absolute atomic E-state index is 11.7. The number of benzene rings is 1. The molecule has 10 nitrogen and oxygen atoms in total. The summed E-state index contributed by atoms with van der Waals surface area (Å²) in [7, 11) is 1.27. The van der Waals surface area contributed by atoms with Gasteiger partial charge >= 0.3 is 5.69 Å². The van der Waals surface area contributed by atoms with E-state index in [-0.39, 0.29) is 17.0 Å². The molecule has 2 aromatic rings. The van der Waals surface area contributed by atoms with Crippen LogP contribution in [0.2, 0.25) is 0 Å². The van der Waals surface area contributed by atoms with Gasteiger partial charge in [-0.2, -0.15) is 10.2 Å². The van der Waals surface area contributed by atoms with Crippen LogP contribution in [0.5, 0.6) is 11.5 Å². The molecular weight excluding hydrogens is 306 g/mol. The maximum atomic E-state index is 11.7. The van der Waals surface area contributed by atoms with E-state index in [1.807, 2.05) is 0 Å². The first-order valence-electron chi connectivity index (χ1n) is 6.33. The van der Waals surface area contributed by atoms with Crippen molar-refractivity contribution in [1.29, 1.82) is 0 Å². The second-order valence-electron chi connectivity index (χ2n) is 4.48. The number of hydrogen-bond acceptors (Lipinski definition) is 7. The molecule has 120 valence electrons. The summed E-state index contributed by atoms with van der Waals surface area (Å²) in [5.41, 5.74) is 2.86. The molecule has 3 N–H and O–H groups in total. The number of aromatic amines is 1. The predicted octanol–water partition coefficient (Wildman–Crippen LogP) is 1.10. The first-order chi connectivity index (χ1) is 10.9. The fraction of sp³-hybridized carbons (Fsp3) is 0.154. The summed E-state index contributed by atoms with van der Waals surface area (Å²) >= 11 is 0. The Morgan fingerprint density at radius 2 is 2.26 bits per heavy atom. The standard InChI is InChI=1S/C13H13N5O5/c1-7-3-9(16-15-7)13(20)17-14-6-8-4-10(18(21)22)12(19)11(5-8)23-2/h3-6,19H,1-2H3,(H,15,16)(H,17,20)/b14-6-. The molecule has 1 aromatic carbocycles. The number of methoxy groups -OCH3 is 1. The third kappa shape index (κ3) is 3.61. The number of phenolic OH excluding ortho intramolecular Hbond substituents is 1. The highest BCUT2D eigenvalue weighted by atomic mass is 16.6. The highest BCUT2D eigenvalue weighted by molar-refractivity contribution is 5.93. The Labute approximate surface area is 129 Å². The predicted molar refractivity (Wildman–Crippen MR) is 79.7 cm³/mol. The van der Waals surface area contributed by atoms with Gasteiger partial charge in [-0.1, -0.05) is 0 Å². The molecule has 23 heavy (non-hydrogen) atoms. The minimum atomic E-state index is -0.750. The average molecular weight is 319 g/mol. The number of aromatic hydroxyl groups is 1. The number of nitrogens with one attached hydrogen (secondary N) is 2. The molecule has 2 rings (SSSR count). The third-order valence-corrected chi connectivity index (χ3v) is 2.81. The molecule has 0 aliphatic rings. The van der Waals surface area contributed by atoms with Crippen LogP contribution in [0.1, 0.15) is 21.7 Å². The smallest absolute Gasteiger partial charge is 0.315 e. The van der Waals surface area contributed by atoms with Crippen LogP contribution in [-0.4, -0.2) is 39.5 Å². The summed E-state index contributed by atoms with van der Waals surface area (Å²) in [4.78, 5) is 21.8. The quantitative estimate of drug-likeness (QED) is 0.428. The number of amides is 1.